The first-order valence-electron chi connectivity index (χ1n) is 11.8. The van der Waals surface area contributed by atoms with Gasteiger partial charge in [-0.2, -0.15) is 13.2 Å². The third-order valence-electron chi connectivity index (χ3n) is 6.37. The number of halogens is 4. The fraction of sp³-hybridized carbons (Fsp3) is 0.308. The minimum atomic E-state index is -4.62. The molecule has 1 amide bonds. The molecule has 2 N–H and O–H groups in total. The summed E-state index contributed by atoms with van der Waals surface area (Å²) >= 11 is 2.91. The molecular formula is C26H26BrF3N6O2. The molecule has 8 nitrogen and oxygen atoms in total. The molecule has 38 heavy (non-hydrogen) atoms. The largest absolute Gasteiger partial charge is 0.417 e. The van der Waals surface area contributed by atoms with Crippen LogP contribution in [0.5, 0.6) is 0 Å². The van der Waals surface area contributed by atoms with Crippen molar-refractivity contribution >= 4 is 33.6 Å². The van der Waals surface area contributed by atoms with E-state index in [0.29, 0.717) is 22.8 Å². The molecular weight excluding hydrogens is 565 g/mol. The number of benzene rings is 1. The molecule has 3 heterocycles. The number of aromatic nitrogens is 3. The zero-order valence-corrected chi connectivity index (χ0v) is 22.5. The number of alkyl halides is 3. The van der Waals surface area contributed by atoms with E-state index < -0.39 is 23.7 Å². The van der Waals surface area contributed by atoms with Crippen molar-refractivity contribution in [1.29, 1.82) is 0 Å². The van der Waals surface area contributed by atoms with E-state index in [1.54, 1.807) is 38.4 Å². The van der Waals surface area contributed by atoms with Crippen molar-refractivity contribution in [3.8, 4) is 5.69 Å². The zero-order valence-electron chi connectivity index (χ0n) is 20.9. The highest BCUT2D eigenvalue weighted by Crippen LogP contribution is 2.36. The normalized spacial score (nSPS) is 16.0. The minimum Gasteiger partial charge on any atom is -0.373 e. The van der Waals surface area contributed by atoms with E-state index in [9.17, 15) is 22.8 Å². The van der Waals surface area contributed by atoms with Gasteiger partial charge in [-0.1, -0.05) is 22.0 Å². The number of anilines is 2. The number of nitrogens with one attached hydrogen (secondary N) is 2. The fourth-order valence-electron chi connectivity index (χ4n) is 4.24. The third kappa shape index (κ3) is 5.31. The highest BCUT2D eigenvalue weighted by atomic mass is 79.9. The smallest absolute Gasteiger partial charge is 0.373 e. The molecule has 0 aliphatic carbocycles. The number of amides is 1. The lowest BCUT2D eigenvalue weighted by Crippen LogP contribution is -2.46. The van der Waals surface area contributed by atoms with E-state index >= 15 is 0 Å². The first-order valence-corrected chi connectivity index (χ1v) is 12.6. The quantitative estimate of drug-likeness (QED) is 0.391. The minimum absolute atomic E-state index is 0.0308. The molecule has 3 aromatic rings. The Bertz CT molecular complexity index is 1440. The molecule has 12 heteroatoms. The van der Waals surface area contributed by atoms with E-state index in [4.69, 9.17) is 4.98 Å². The molecule has 1 aliphatic rings. The van der Waals surface area contributed by atoms with Crippen LogP contribution in [0.3, 0.4) is 0 Å². The summed E-state index contributed by atoms with van der Waals surface area (Å²) < 4.78 is 41.6. The summed E-state index contributed by atoms with van der Waals surface area (Å²) in [4.78, 5) is 37.5. The monoisotopic (exact) mass is 590 g/mol. The summed E-state index contributed by atoms with van der Waals surface area (Å²) in [6, 6.07) is 6.17. The molecule has 1 aliphatic heterocycles. The zero-order chi connectivity index (χ0) is 27.8. The van der Waals surface area contributed by atoms with Gasteiger partial charge in [0.15, 0.2) is 0 Å². The lowest BCUT2D eigenvalue weighted by molar-refractivity contribution is -0.138. The van der Waals surface area contributed by atoms with Crippen LogP contribution in [0.2, 0.25) is 0 Å². The van der Waals surface area contributed by atoms with Gasteiger partial charge >= 0.3 is 6.18 Å². The number of hydrogen-bond acceptors (Lipinski definition) is 6. The summed E-state index contributed by atoms with van der Waals surface area (Å²) in [5, 5.41) is 6.08. The van der Waals surface area contributed by atoms with Crippen molar-refractivity contribution in [3.05, 3.63) is 86.4 Å². The third-order valence-corrected chi connectivity index (χ3v) is 7.06. The predicted molar refractivity (Wildman–Crippen MR) is 143 cm³/mol. The highest BCUT2D eigenvalue weighted by Gasteiger charge is 2.36. The lowest BCUT2D eigenvalue weighted by Gasteiger charge is -2.35. The van der Waals surface area contributed by atoms with Gasteiger partial charge in [0.2, 0.25) is 5.95 Å². The molecule has 2 aromatic heterocycles. The van der Waals surface area contributed by atoms with Crippen LogP contribution in [0, 0.1) is 0 Å². The van der Waals surface area contributed by atoms with Gasteiger partial charge in [-0.15, -0.1) is 6.58 Å². The summed E-state index contributed by atoms with van der Waals surface area (Å²) in [5.41, 5.74) is -0.0264. The standard InChI is InChI=1S/C26H26BrF3N6O2/c1-5-14(2)33-25-34-21-13-35(23(37)16-6-8-20(27)19(11-16)26(28,29)30)15(3)10-18(21)24(38)36(25)17-7-9-22(31-4)32-12-17/h5-9,11-12,14-15H,1,10,13H2,2-4H3,(H,31,32)(H,33,34)/t14-,15+/m0/s1. The number of fused-ring (bicyclic) bond motifs is 1. The number of rotatable bonds is 6. The van der Waals surface area contributed by atoms with Crippen LogP contribution in [0.4, 0.5) is 24.9 Å². The maximum atomic E-state index is 13.7. The topological polar surface area (TPSA) is 92.2 Å². The Morgan fingerprint density at radius 2 is 2.03 bits per heavy atom. The van der Waals surface area contributed by atoms with Gasteiger partial charge in [-0.3, -0.25) is 9.59 Å². The van der Waals surface area contributed by atoms with Crippen molar-refractivity contribution < 1.29 is 18.0 Å². The van der Waals surface area contributed by atoms with Crippen LogP contribution in [-0.4, -0.2) is 44.5 Å². The second-order valence-electron chi connectivity index (χ2n) is 9.00. The van der Waals surface area contributed by atoms with E-state index in [1.165, 1.54) is 21.6 Å². The van der Waals surface area contributed by atoms with Crippen LogP contribution in [-0.2, 0) is 19.1 Å². The van der Waals surface area contributed by atoms with Gasteiger partial charge in [0.05, 0.1) is 29.7 Å². The van der Waals surface area contributed by atoms with E-state index in [0.717, 1.165) is 6.07 Å². The first kappa shape index (κ1) is 27.4. The molecule has 0 fully saturated rings. The summed E-state index contributed by atoms with van der Waals surface area (Å²) in [5.74, 6) is 0.296. The molecule has 4 rings (SSSR count). The molecule has 0 saturated carbocycles. The average Bonchev–Trinajstić information content (AvgIpc) is 2.88. The van der Waals surface area contributed by atoms with Crippen LogP contribution >= 0.6 is 15.9 Å². The van der Waals surface area contributed by atoms with Gasteiger partial charge in [0.1, 0.15) is 5.82 Å². The second-order valence-corrected chi connectivity index (χ2v) is 9.85. The Hall–Kier alpha value is -3.67. The second kappa shape index (κ2) is 10.6. The van der Waals surface area contributed by atoms with Crippen molar-refractivity contribution in [2.24, 2.45) is 0 Å². The number of carbonyl (C=O) groups is 1. The Balaban J connectivity index is 1.76. The first-order chi connectivity index (χ1) is 17.9. The van der Waals surface area contributed by atoms with Gasteiger partial charge in [0.25, 0.3) is 11.5 Å². The molecule has 0 radical (unpaired) electrons. The van der Waals surface area contributed by atoms with Crippen LogP contribution in [0.15, 0.2) is 58.5 Å². The Morgan fingerprint density at radius 3 is 2.63 bits per heavy atom. The summed E-state index contributed by atoms with van der Waals surface area (Å²) in [6.45, 7) is 7.33. The Kier molecular flexibility index (Phi) is 7.63. The molecule has 0 bridgehead atoms. The number of nitrogens with zero attached hydrogens (tertiary/aromatic N) is 4. The van der Waals surface area contributed by atoms with Crippen LogP contribution in [0.25, 0.3) is 5.69 Å². The molecule has 0 saturated heterocycles. The van der Waals surface area contributed by atoms with Crippen LogP contribution in [0.1, 0.15) is 41.0 Å². The Morgan fingerprint density at radius 1 is 1.29 bits per heavy atom. The molecule has 1 aromatic carbocycles. The van der Waals surface area contributed by atoms with Gasteiger partial charge < -0.3 is 15.5 Å². The highest BCUT2D eigenvalue weighted by molar-refractivity contribution is 9.10. The lowest BCUT2D eigenvalue weighted by atomic mass is 9.98. The number of pyridine rings is 1. The molecule has 200 valence electrons. The predicted octanol–water partition coefficient (Wildman–Crippen LogP) is 5.02. The van der Waals surface area contributed by atoms with Crippen molar-refractivity contribution in [3.63, 3.8) is 0 Å². The number of hydrogen-bond donors (Lipinski definition) is 2. The number of carbonyl (C=O) groups excluding carboxylic acids is 1. The molecule has 0 unspecified atom stereocenters. The van der Waals surface area contributed by atoms with Crippen LogP contribution < -0.4 is 16.2 Å². The summed E-state index contributed by atoms with van der Waals surface area (Å²) in [6.07, 6.45) is -1.22. The van der Waals surface area contributed by atoms with Crippen molar-refractivity contribution in [2.75, 3.05) is 17.7 Å². The van der Waals surface area contributed by atoms with Crippen molar-refractivity contribution in [1.82, 2.24) is 19.4 Å². The SMILES string of the molecule is C=C[C@H](C)Nc1nc2c(c(=O)n1-c1ccc(NC)nc1)C[C@@H](C)N(C(=O)c1ccc(Br)c(C(F)(F)F)c1)C2. The Labute approximate surface area is 225 Å². The molecule has 0 spiro atoms. The average molecular weight is 591 g/mol. The van der Waals surface area contributed by atoms with Gasteiger partial charge in [-0.05, 0) is 50.6 Å². The van der Waals surface area contributed by atoms with E-state index in [1.807, 2.05) is 6.92 Å². The maximum Gasteiger partial charge on any atom is 0.417 e. The molecule has 2 atom stereocenters. The van der Waals surface area contributed by atoms with Gasteiger partial charge in [-0.25, -0.2) is 14.5 Å². The summed E-state index contributed by atoms with van der Waals surface area (Å²) in [7, 11) is 1.74. The maximum absolute atomic E-state index is 13.7. The van der Waals surface area contributed by atoms with E-state index in [-0.39, 0.29) is 40.6 Å². The fourth-order valence-corrected chi connectivity index (χ4v) is 4.71. The van der Waals surface area contributed by atoms with Gasteiger partial charge in [0, 0.05) is 34.7 Å². The van der Waals surface area contributed by atoms with Crippen molar-refractivity contribution in [2.45, 2.75) is 45.1 Å². The van der Waals surface area contributed by atoms with E-state index in [2.05, 4.69) is 38.1 Å².